The molecule has 0 bridgehead atoms. The zero-order valence-electron chi connectivity index (χ0n) is 14.0. The Morgan fingerprint density at radius 3 is 2.67 bits per heavy atom. The number of anilines is 1. The lowest BCUT2D eigenvalue weighted by molar-refractivity contribution is -0.123. The molecule has 2 aliphatic rings. The summed E-state index contributed by atoms with van der Waals surface area (Å²) in [4.78, 5) is 16.7. The third kappa shape index (κ3) is 4.00. The number of rotatable bonds is 5. The van der Waals surface area contributed by atoms with E-state index in [-0.39, 0.29) is 5.91 Å². The van der Waals surface area contributed by atoms with Crippen LogP contribution in [0.25, 0.3) is 0 Å². The molecule has 6 heteroatoms. The zero-order chi connectivity index (χ0) is 17.2. The molecule has 1 aliphatic carbocycles. The van der Waals surface area contributed by atoms with Gasteiger partial charge >= 0.3 is 0 Å². The van der Waals surface area contributed by atoms with E-state index in [1.807, 2.05) is 25.1 Å². The third-order valence-electron chi connectivity index (χ3n) is 4.94. The first-order chi connectivity index (χ1) is 11.5. The van der Waals surface area contributed by atoms with E-state index in [0.29, 0.717) is 12.5 Å². The van der Waals surface area contributed by atoms with Crippen LogP contribution in [0.3, 0.4) is 0 Å². The maximum atomic E-state index is 12.3. The highest BCUT2D eigenvalue weighted by molar-refractivity contribution is 6.30. The van der Waals surface area contributed by atoms with Crippen LogP contribution in [0.5, 0.6) is 0 Å². The minimum Gasteiger partial charge on any atom is -0.369 e. The summed E-state index contributed by atoms with van der Waals surface area (Å²) in [7, 11) is 0. The minimum atomic E-state index is -0.709. The number of nitrogens with one attached hydrogen (secondary N) is 1. The lowest BCUT2D eigenvalue weighted by Gasteiger charge is -2.36. The Morgan fingerprint density at radius 1 is 1.38 bits per heavy atom. The van der Waals surface area contributed by atoms with Crippen LogP contribution < -0.4 is 10.2 Å². The number of piperazine rings is 1. The minimum absolute atomic E-state index is 0.0536. The van der Waals surface area contributed by atoms with Crippen molar-refractivity contribution in [1.82, 2.24) is 10.2 Å². The predicted octanol–water partition coefficient (Wildman–Crippen LogP) is 2.27. The molecule has 0 unspecified atom stereocenters. The summed E-state index contributed by atoms with van der Waals surface area (Å²) in [5.41, 5.74) is 0.414. The summed E-state index contributed by atoms with van der Waals surface area (Å²) >= 11 is 6.05. The second kappa shape index (κ2) is 7.00. The van der Waals surface area contributed by atoms with E-state index in [2.05, 4.69) is 27.3 Å². The van der Waals surface area contributed by atoms with Crippen molar-refractivity contribution in [1.29, 1.82) is 5.26 Å². The summed E-state index contributed by atoms with van der Waals surface area (Å²) in [5.74, 6) is 0.258. The molecule has 24 heavy (non-hydrogen) atoms. The Hall–Kier alpha value is -1.77. The fraction of sp³-hybridized carbons (Fsp3) is 0.556. The summed E-state index contributed by atoms with van der Waals surface area (Å²) in [6, 6.07) is 10.1. The van der Waals surface area contributed by atoms with Crippen molar-refractivity contribution in [2.45, 2.75) is 25.3 Å². The highest BCUT2D eigenvalue weighted by atomic mass is 35.5. The van der Waals surface area contributed by atoms with E-state index in [0.717, 1.165) is 49.7 Å². The van der Waals surface area contributed by atoms with Crippen LogP contribution >= 0.6 is 11.6 Å². The second-order valence-corrected chi connectivity index (χ2v) is 7.32. The number of halogens is 1. The Balaban J connectivity index is 1.48. The zero-order valence-corrected chi connectivity index (χ0v) is 14.7. The number of nitriles is 1. The van der Waals surface area contributed by atoms with E-state index < -0.39 is 5.54 Å². The topological polar surface area (TPSA) is 59.4 Å². The van der Waals surface area contributed by atoms with Crippen molar-refractivity contribution >= 4 is 23.2 Å². The van der Waals surface area contributed by atoms with Gasteiger partial charge in [-0.05, 0) is 43.9 Å². The van der Waals surface area contributed by atoms with Crippen molar-refractivity contribution < 1.29 is 4.79 Å². The highest BCUT2D eigenvalue weighted by Gasteiger charge is 2.43. The quantitative estimate of drug-likeness (QED) is 0.888. The van der Waals surface area contributed by atoms with Gasteiger partial charge < -0.3 is 10.2 Å². The number of hydrogen-bond acceptors (Lipinski definition) is 4. The number of nitrogens with zero attached hydrogens (tertiary/aromatic N) is 3. The van der Waals surface area contributed by atoms with E-state index in [1.165, 1.54) is 0 Å². The van der Waals surface area contributed by atoms with Crippen molar-refractivity contribution in [2.75, 3.05) is 37.6 Å². The molecule has 1 N–H and O–H groups in total. The number of carbonyl (C=O) groups is 1. The molecule has 1 aromatic carbocycles. The Kier molecular flexibility index (Phi) is 4.98. The van der Waals surface area contributed by atoms with Gasteiger partial charge in [-0.3, -0.25) is 9.69 Å². The van der Waals surface area contributed by atoms with Gasteiger partial charge in [-0.2, -0.15) is 5.26 Å². The van der Waals surface area contributed by atoms with Crippen LogP contribution in [-0.4, -0.2) is 49.1 Å². The molecule has 3 rings (SSSR count). The molecule has 1 atom stereocenters. The molecule has 5 nitrogen and oxygen atoms in total. The van der Waals surface area contributed by atoms with Gasteiger partial charge in [0.25, 0.3) is 0 Å². The second-order valence-electron chi connectivity index (χ2n) is 6.88. The SMILES string of the molecule is C[C@@](C#N)(NC(=O)CN1CCN(c2cccc(Cl)c2)CC1)C1CC1. The van der Waals surface area contributed by atoms with Gasteiger partial charge in [0.1, 0.15) is 5.54 Å². The number of benzene rings is 1. The maximum Gasteiger partial charge on any atom is 0.235 e. The average molecular weight is 347 g/mol. The first kappa shape index (κ1) is 17.1. The predicted molar refractivity (Wildman–Crippen MR) is 95.0 cm³/mol. The number of carbonyl (C=O) groups excluding carboxylic acids is 1. The van der Waals surface area contributed by atoms with Gasteiger partial charge in [-0.25, -0.2) is 0 Å². The summed E-state index contributed by atoms with van der Waals surface area (Å²) in [5, 5.41) is 13.0. The van der Waals surface area contributed by atoms with Crippen LogP contribution in [0, 0.1) is 17.2 Å². The average Bonchev–Trinajstić information content (AvgIpc) is 3.41. The van der Waals surface area contributed by atoms with E-state index in [1.54, 1.807) is 0 Å². The van der Waals surface area contributed by atoms with Gasteiger partial charge in [0.05, 0.1) is 12.6 Å². The molecular formula is C18H23ClN4O. The van der Waals surface area contributed by atoms with Gasteiger partial charge in [0.2, 0.25) is 5.91 Å². The van der Waals surface area contributed by atoms with Gasteiger partial charge in [0.15, 0.2) is 0 Å². The van der Waals surface area contributed by atoms with Crippen molar-refractivity contribution in [3.05, 3.63) is 29.3 Å². The molecule has 0 spiro atoms. The molecule has 1 heterocycles. The van der Waals surface area contributed by atoms with E-state index >= 15 is 0 Å². The molecule has 0 aromatic heterocycles. The highest BCUT2D eigenvalue weighted by Crippen LogP contribution is 2.39. The molecule has 1 aliphatic heterocycles. The smallest absolute Gasteiger partial charge is 0.235 e. The normalized spacial score (nSPS) is 21.0. The molecule has 128 valence electrons. The molecule has 2 fully saturated rings. The largest absolute Gasteiger partial charge is 0.369 e. The van der Waals surface area contributed by atoms with Gasteiger partial charge in [-0.1, -0.05) is 17.7 Å². The summed E-state index contributed by atoms with van der Waals surface area (Å²) in [6.07, 6.45) is 2.06. The standard InChI is InChI=1S/C18H23ClN4O/c1-18(13-20,14-5-6-14)21-17(24)12-22-7-9-23(10-8-22)16-4-2-3-15(19)11-16/h2-4,11,14H,5-10,12H2,1H3,(H,21,24)/t18-/m0/s1. The Bertz CT molecular complexity index is 647. The van der Waals surface area contributed by atoms with Crippen LogP contribution in [0.2, 0.25) is 5.02 Å². The summed E-state index contributed by atoms with van der Waals surface area (Å²) < 4.78 is 0. The first-order valence-corrected chi connectivity index (χ1v) is 8.83. The third-order valence-corrected chi connectivity index (χ3v) is 5.17. The molecular weight excluding hydrogens is 324 g/mol. The molecule has 0 radical (unpaired) electrons. The van der Waals surface area contributed by atoms with Crippen molar-refractivity contribution in [3.8, 4) is 6.07 Å². The molecule has 1 saturated heterocycles. The Morgan fingerprint density at radius 2 is 2.08 bits per heavy atom. The van der Waals surface area contributed by atoms with Crippen molar-refractivity contribution in [3.63, 3.8) is 0 Å². The molecule has 1 amide bonds. The van der Waals surface area contributed by atoms with E-state index in [9.17, 15) is 10.1 Å². The van der Waals surface area contributed by atoms with Crippen molar-refractivity contribution in [2.24, 2.45) is 5.92 Å². The number of hydrogen-bond donors (Lipinski definition) is 1. The maximum absolute atomic E-state index is 12.3. The first-order valence-electron chi connectivity index (χ1n) is 8.45. The Labute approximate surface area is 148 Å². The molecule has 1 saturated carbocycles. The lowest BCUT2D eigenvalue weighted by Crippen LogP contribution is -2.53. The van der Waals surface area contributed by atoms with Crippen LogP contribution in [-0.2, 0) is 4.79 Å². The van der Waals surface area contributed by atoms with Crippen LogP contribution in [0.15, 0.2) is 24.3 Å². The summed E-state index contributed by atoms with van der Waals surface area (Å²) in [6.45, 7) is 5.57. The fourth-order valence-electron chi connectivity index (χ4n) is 3.25. The van der Waals surface area contributed by atoms with Crippen LogP contribution in [0.4, 0.5) is 5.69 Å². The lowest BCUT2D eigenvalue weighted by atomic mass is 9.98. The van der Waals surface area contributed by atoms with Gasteiger partial charge in [0, 0.05) is 36.9 Å². The van der Waals surface area contributed by atoms with Gasteiger partial charge in [-0.15, -0.1) is 0 Å². The monoisotopic (exact) mass is 346 g/mol. The number of amides is 1. The van der Waals surface area contributed by atoms with E-state index in [4.69, 9.17) is 11.6 Å². The fourth-order valence-corrected chi connectivity index (χ4v) is 3.44. The van der Waals surface area contributed by atoms with Crippen LogP contribution in [0.1, 0.15) is 19.8 Å². The molecule has 1 aromatic rings.